The number of rotatable bonds is 5. The molecule has 2 unspecified atom stereocenters. The van der Waals surface area contributed by atoms with Gasteiger partial charge in [0.25, 0.3) is 0 Å². The average molecular weight is 194 g/mol. The first-order chi connectivity index (χ1) is 6.79. The van der Waals surface area contributed by atoms with Crippen LogP contribution >= 0.6 is 0 Å². The maximum atomic E-state index is 5.51. The van der Waals surface area contributed by atoms with Crippen LogP contribution in [0.3, 0.4) is 0 Å². The van der Waals surface area contributed by atoms with Gasteiger partial charge in [-0.1, -0.05) is 20.3 Å². The lowest BCUT2D eigenvalue weighted by Gasteiger charge is -2.20. The topological polar surface area (TPSA) is 63.8 Å². The quantitative estimate of drug-likeness (QED) is 0.549. The zero-order chi connectivity index (χ0) is 10.4. The smallest absolute Gasteiger partial charge is 0.146 e. The van der Waals surface area contributed by atoms with Crippen LogP contribution in [0.5, 0.6) is 0 Å². The largest absolute Gasteiger partial charge is 0.271 e. The Morgan fingerprint density at radius 1 is 1.43 bits per heavy atom. The maximum Gasteiger partial charge on any atom is 0.146 e. The molecular weight excluding hydrogens is 176 g/mol. The molecule has 0 saturated carbocycles. The van der Waals surface area contributed by atoms with Crippen LogP contribution < -0.4 is 11.3 Å². The first-order valence-electron chi connectivity index (χ1n) is 5.02. The third-order valence-electron chi connectivity index (χ3n) is 2.36. The van der Waals surface area contributed by atoms with E-state index in [0.29, 0.717) is 5.92 Å². The van der Waals surface area contributed by atoms with Gasteiger partial charge in [0.1, 0.15) is 5.82 Å². The molecule has 1 rings (SSSR count). The molecule has 0 aliphatic heterocycles. The van der Waals surface area contributed by atoms with E-state index >= 15 is 0 Å². The molecule has 0 radical (unpaired) electrons. The first-order valence-corrected chi connectivity index (χ1v) is 5.02. The van der Waals surface area contributed by atoms with E-state index in [-0.39, 0.29) is 6.04 Å². The van der Waals surface area contributed by atoms with Crippen molar-refractivity contribution in [2.24, 2.45) is 11.8 Å². The summed E-state index contributed by atoms with van der Waals surface area (Å²) in [6.07, 6.45) is 5.75. The Labute approximate surface area is 84.9 Å². The van der Waals surface area contributed by atoms with Crippen molar-refractivity contribution >= 4 is 0 Å². The third kappa shape index (κ3) is 2.75. The number of nitrogens with one attached hydrogen (secondary N) is 1. The molecule has 14 heavy (non-hydrogen) atoms. The van der Waals surface area contributed by atoms with Crippen molar-refractivity contribution in [2.45, 2.75) is 32.7 Å². The highest BCUT2D eigenvalue weighted by molar-refractivity contribution is 4.96. The molecule has 0 aliphatic rings. The Morgan fingerprint density at radius 2 is 2.07 bits per heavy atom. The molecular formula is C10H18N4. The van der Waals surface area contributed by atoms with Crippen LogP contribution in [0.15, 0.2) is 18.5 Å². The molecule has 0 saturated heterocycles. The minimum atomic E-state index is 0.0520. The zero-order valence-electron chi connectivity index (χ0n) is 8.77. The molecule has 1 aromatic rings. The van der Waals surface area contributed by atoms with Crippen LogP contribution in [0.25, 0.3) is 0 Å². The van der Waals surface area contributed by atoms with E-state index in [2.05, 4.69) is 29.2 Å². The summed E-state index contributed by atoms with van der Waals surface area (Å²) in [6.45, 7) is 4.32. The molecule has 0 amide bonds. The minimum absolute atomic E-state index is 0.0520. The Hall–Kier alpha value is -1.00. The molecule has 1 heterocycles. The van der Waals surface area contributed by atoms with Gasteiger partial charge in [-0.25, -0.2) is 15.4 Å². The Morgan fingerprint density at radius 3 is 2.57 bits per heavy atom. The van der Waals surface area contributed by atoms with Crippen molar-refractivity contribution in [2.75, 3.05) is 0 Å². The second-order valence-corrected chi connectivity index (χ2v) is 3.52. The monoisotopic (exact) mass is 194 g/mol. The van der Waals surface area contributed by atoms with Crippen LogP contribution in [0.2, 0.25) is 0 Å². The van der Waals surface area contributed by atoms with Crippen molar-refractivity contribution < 1.29 is 0 Å². The van der Waals surface area contributed by atoms with Crippen molar-refractivity contribution in [1.82, 2.24) is 15.4 Å². The van der Waals surface area contributed by atoms with E-state index in [0.717, 1.165) is 18.7 Å². The summed E-state index contributed by atoms with van der Waals surface area (Å²) in [5.74, 6) is 6.73. The summed E-state index contributed by atoms with van der Waals surface area (Å²) in [4.78, 5) is 8.40. The second kappa shape index (κ2) is 5.67. The van der Waals surface area contributed by atoms with E-state index in [1.54, 1.807) is 12.4 Å². The molecule has 78 valence electrons. The fourth-order valence-electron chi connectivity index (χ4n) is 1.59. The first kappa shape index (κ1) is 11.1. The van der Waals surface area contributed by atoms with Crippen LogP contribution in [0.4, 0.5) is 0 Å². The summed E-state index contributed by atoms with van der Waals surface area (Å²) in [5.41, 5.74) is 2.78. The standard InChI is InChI=1S/C10H18N4/c1-3-5-8(2)9(14-11)10-12-6-4-7-13-10/h4,6-9,14H,3,5,11H2,1-2H3. The lowest BCUT2D eigenvalue weighted by atomic mass is 9.97. The van der Waals surface area contributed by atoms with E-state index < -0.39 is 0 Å². The van der Waals surface area contributed by atoms with Gasteiger partial charge in [0.15, 0.2) is 0 Å². The van der Waals surface area contributed by atoms with Crippen LogP contribution in [-0.2, 0) is 0 Å². The molecule has 0 aliphatic carbocycles. The number of nitrogens with two attached hydrogens (primary N) is 1. The third-order valence-corrected chi connectivity index (χ3v) is 2.36. The molecule has 2 atom stereocenters. The average Bonchev–Trinajstić information content (AvgIpc) is 2.21. The molecule has 0 aromatic carbocycles. The summed E-state index contributed by atoms with van der Waals surface area (Å²) < 4.78 is 0. The number of nitrogens with zero attached hydrogens (tertiary/aromatic N) is 2. The van der Waals surface area contributed by atoms with Gasteiger partial charge < -0.3 is 0 Å². The number of hydrogen-bond acceptors (Lipinski definition) is 4. The molecule has 4 nitrogen and oxygen atoms in total. The SMILES string of the molecule is CCCC(C)C(NN)c1ncccn1. The van der Waals surface area contributed by atoms with E-state index in [4.69, 9.17) is 5.84 Å². The van der Waals surface area contributed by atoms with Gasteiger partial charge in [0, 0.05) is 12.4 Å². The molecule has 1 aromatic heterocycles. The van der Waals surface area contributed by atoms with Gasteiger partial charge in [0.05, 0.1) is 6.04 Å². The van der Waals surface area contributed by atoms with E-state index in [1.165, 1.54) is 0 Å². The lowest BCUT2D eigenvalue weighted by molar-refractivity contribution is 0.354. The predicted molar refractivity (Wildman–Crippen MR) is 56.2 cm³/mol. The van der Waals surface area contributed by atoms with Crippen molar-refractivity contribution in [3.63, 3.8) is 0 Å². The number of hydrogen-bond donors (Lipinski definition) is 2. The number of aromatic nitrogens is 2. The Kier molecular flexibility index (Phi) is 4.49. The minimum Gasteiger partial charge on any atom is -0.271 e. The molecule has 0 spiro atoms. The summed E-state index contributed by atoms with van der Waals surface area (Å²) in [5, 5.41) is 0. The van der Waals surface area contributed by atoms with Crippen molar-refractivity contribution in [1.29, 1.82) is 0 Å². The van der Waals surface area contributed by atoms with Crippen LogP contribution in [-0.4, -0.2) is 9.97 Å². The van der Waals surface area contributed by atoms with Gasteiger partial charge in [-0.15, -0.1) is 0 Å². The summed E-state index contributed by atoms with van der Waals surface area (Å²) in [6, 6.07) is 1.86. The van der Waals surface area contributed by atoms with Crippen molar-refractivity contribution in [3.05, 3.63) is 24.3 Å². The highest BCUT2D eigenvalue weighted by Gasteiger charge is 2.19. The molecule has 0 bridgehead atoms. The second-order valence-electron chi connectivity index (χ2n) is 3.52. The van der Waals surface area contributed by atoms with Gasteiger partial charge >= 0.3 is 0 Å². The van der Waals surface area contributed by atoms with Gasteiger partial charge in [-0.2, -0.15) is 0 Å². The highest BCUT2D eigenvalue weighted by Crippen LogP contribution is 2.21. The van der Waals surface area contributed by atoms with E-state index in [9.17, 15) is 0 Å². The van der Waals surface area contributed by atoms with Gasteiger partial charge in [0.2, 0.25) is 0 Å². The molecule has 0 fully saturated rings. The molecule has 3 N–H and O–H groups in total. The zero-order valence-corrected chi connectivity index (χ0v) is 8.77. The number of hydrazine groups is 1. The Balaban J connectivity index is 2.71. The summed E-state index contributed by atoms with van der Waals surface area (Å²) >= 11 is 0. The fourth-order valence-corrected chi connectivity index (χ4v) is 1.59. The normalized spacial score (nSPS) is 15.1. The van der Waals surface area contributed by atoms with Crippen LogP contribution in [0.1, 0.15) is 38.6 Å². The predicted octanol–water partition coefficient (Wildman–Crippen LogP) is 1.42. The van der Waals surface area contributed by atoms with Crippen molar-refractivity contribution in [3.8, 4) is 0 Å². The maximum absolute atomic E-state index is 5.51. The Bertz CT molecular complexity index is 250. The summed E-state index contributed by atoms with van der Waals surface area (Å²) in [7, 11) is 0. The van der Waals surface area contributed by atoms with Gasteiger partial charge in [-0.05, 0) is 18.4 Å². The van der Waals surface area contributed by atoms with E-state index in [1.807, 2.05) is 6.07 Å². The van der Waals surface area contributed by atoms with Gasteiger partial charge in [-0.3, -0.25) is 5.84 Å². The lowest BCUT2D eigenvalue weighted by Crippen LogP contribution is -2.33. The molecule has 4 heteroatoms. The highest BCUT2D eigenvalue weighted by atomic mass is 15.2. The fraction of sp³-hybridized carbons (Fsp3) is 0.600. The van der Waals surface area contributed by atoms with Crippen LogP contribution in [0, 0.1) is 5.92 Å².